The van der Waals surface area contributed by atoms with Crippen molar-refractivity contribution in [3.63, 3.8) is 0 Å². The fourth-order valence-electron chi connectivity index (χ4n) is 2.52. The zero-order valence-corrected chi connectivity index (χ0v) is 11.7. The maximum atomic E-state index is 11.3. The van der Waals surface area contributed by atoms with E-state index in [0.29, 0.717) is 12.2 Å². The first-order chi connectivity index (χ1) is 9.16. The predicted molar refractivity (Wildman–Crippen MR) is 75.2 cm³/mol. The summed E-state index contributed by atoms with van der Waals surface area (Å²) in [5.41, 5.74) is 0.815. The van der Waals surface area contributed by atoms with E-state index in [-0.39, 0.29) is 0 Å². The Hall–Kier alpha value is -1.69. The Morgan fingerprint density at radius 3 is 3.05 bits per heavy atom. The van der Waals surface area contributed by atoms with Crippen molar-refractivity contribution in [1.82, 2.24) is 9.97 Å². The number of halogens is 1. The summed E-state index contributed by atoms with van der Waals surface area (Å²) in [7, 11) is 0. The average Bonchev–Trinajstić information content (AvgIpc) is 2.86. The molecule has 5 nitrogen and oxygen atoms in total. The van der Waals surface area contributed by atoms with Gasteiger partial charge in [0.05, 0.1) is 5.52 Å². The Balaban J connectivity index is 2.12. The van der Waals surface area contributed by atoms with Gasteiger partial charge in [-0.05, 0) is 31.0 Å². The van der Waals surface area contributed by atoms with Crippen LogP contribution < -0.4 is 4.90 Å². The minimum absolute atomic E-state index is 0.484. The minimum Gasteiger partial charge on any atom is -0.480 e. The van der Waals surface area contributed by atoms with Gasteiger partial charge in [0.25, 0.3) is 0 Å². The number of rotatable bonds is 2. The highest BCUT2D eigenvalue weighted by Gasteiger charge is 2.32. The van der Waals surface area contributed by atoms with Crippen molar-refractivity contribution < 1.29 is 9.90 Å². The summed E-state index contributed by atoms with van der Waals surface area (Å²) in [6.07, 6.45) is 3.03. The molecule has 1 fully saturated rings. The molecule has 1 aliphatic heterocycles. The maximum absolute atomic E-state index is 11.3. The molecule has 1 N–H and O–H groups in total. The zero-order chi connectivity index (χ0) is 13.4. The zero-order valence-electron chi connectivity index (χ0n) is 10.1. The summed E-state index contributed by atoms with van der Waals surface area (Å²) in [5.74, 6) is -0.0798. The number of hydrogen-bond donors (Lipinski definition) is 1. The Bertz CT molecular complexity index is 647. The van der Waals surface area contributed by atoms with E-state index in [1.165, 1.54) is 6.33 Å². The molecule has 3 rings (SSSR count). The van der Waals surface area contributed by atoms with Crippen molar-refractivity contribution in [2.45, 2.75) is 18.9 Å². The standard InChI is InChI=1S/C13H12BrN3O2/c14-8-3-4-9-10(6-8)15-7-16-12(9)17-5-1-2-11(17)13(18)19/h3-4,6-7,11H,1-2,5H2,(H,18,19)/t11-/m0/s1. The van der Waals surface area contributed by atoms with Crippen LogP contribution in [0.1, 0.15) is 12.8 Å². The van der Waals surface area contributed by atoms with Gasteiger partial charge in [-0.2, -0.15) is 0 Å². The van der Waals surface area contributed by atoms with Gasteiger partial charge >= 0.3 is 5.97 Å². The first-order valence-electron chi connectivity index (χ1n) is 6.06. The Morgan fingerprint density at radius 1 is 1.42 bits per heavy atom. The Morgan fingerprint density at radius 2 is 2.26 bits per heavy atom. The molecule has 1 aromatic carbocycles. The lowest BCUT2D eigenvalue weighted by Crippen LogP contribution is -2.36. The van der Waals surface area contributed by atoms with Crippen molar-refractivity contribution in [2.24, 2.45) is 0 Å². The van der Waals surface area contributed by atoms with E-state index in [2.05, 4.69) is 25.9 Å². The molecule has 1 saturated heterocycles. The maximum Gasteiger partial charge on any atom is 0.326 e. The molecule has 19 heavy (non-hydrogen) atoms. The number of benzene rings is 1. The largest absolute Gasteiger partial charge is 0.480 e. The van der Waals surface area contributed by atoms with E-state index in [0.717, 1.165) is 28.3 Å². The van der Waals surface area contributed by atoms with Gasteiger partial charge in [-0.25, -0.2) is 14.8 Å². The smallest absolute Gasteiger partial charge is 0.326 e. The molecule has 0 saturated carbocycles. The quantitative estimate of drug-likeness (QED) is 0.920. The van der Waals surface area contributed by atoms with Crippen molar-refractivity contribution in [3.05, 3.63) is 29.0 Å². The third-order valence-corrected chi connectivity index (χ3v) is 3.88. The highest BCUT2D eigenvalue weighted by molar-refractivity contribution is 9.10. The van der Waals surface area contributed by atoms with Crippen LogP contribution in [-0.2, 0) is 4.79 Å². The molecular formula is C13H12BrN3O2. The van der Waals surface area contributed by atoms with Gasteiger partial charge in [-0.15, -0.1) is 0 Å². The van der Waals surface area contributed by atoms with Gasteiger partial charge in [-0.3, -0.25) is 0 Å². The molecule has 0 amide bonds. The molecule has 2 heterocycles. The number of aromatic nitrogens is 2. The van der Waals surface area contributed by atoms with Gasteiger partial charge in [-0.1, -0.05) is 15.9 Å². The van der Waals surface area contributed by atoms with Crippen LogP contribution in [0.5, 0.6) is 0 Å². The number of nitrogens with zero attached hydrogens (tertiary/aromatic N) is 3. The van der Waals surface area contributed by atoms with E-state index >= 15 is 0 Å². The van der Waals surface area contributed by atoms with Gasteiger partial charge in [0.2, 0.25) is 0 Å². The van der Waals surface area contributed by atoms with Crippen LogP contribution in [0, 0.1) is 0 Å². The van der Waals surface area contributed by atoms with E-state index in [1.807, 2.05) is 23.1 Å². The SMILES string of the molecule is O=C(O)[C@@H]1CCCN1c1ncnc2cc(Br)ccc12. The molecule has 2 aromatic rings. The normalized spacial score (nSPS) is 19.0. The monoisotopic (exact) mass is 321 g/mol. The third-order valence-electron chi connectivity index (χ3n) is 3.39. The second-order valence-corrected chi connectivity index (χ2v) is 5.46. The molecule has 0 aliphatic carbocycles. The lowest BCUT2D eigenvalue weighted by molar-refractivity contribution is -0.138. The second-order valence-electron chi connectivity index (χ2n) is 4.55. The summed E-state index contributed by atoms with van der Waals surface area (Å²) < 4.78 is 0.945. The second kappa shape index (κ2) is 4.77. The van der Waals surface area contributed by atoms with Crippen LogP contribution >= 0.6 is 15.9 Å². The van der Waals surface area contributed by atoms with Crippen molar-refractivity contribution in [3.8, 4) is 0 Å². The highest BCUT2D eigenvalue weighted by Crippen LogP contribution is 2.30. The summed E-state index contributed by atoms with van der Waals surface area (Å²) in [5, 5.41) is 10.2. The summed E-state index contributed by atoms with van der Waals surface area (Å²) >= 11 is 3.41. The molecule has 0 unspecified atom stereocenters. The Kier molecular flexibility index (Phi) is 3.10. The third kappa shape index (κ3) is 2.16. The fourth-order valence-corrected chi connectivity index (χ4v) is 2.87. The van der Waals surface area contributed by atoms with E-state index in [9.17, 15) is 9.90 Å². The highest BCUT2D eigenvalue weighted by atomic mass is 79.9. The molecule has 0 spiro atoms. The van der Waals surface area contributed by atoms with Crippen molar-refractivity contribution in [2.75, 3.05) is 11.4 Å². The van der Waals surface area contributed by atoms with Gasteiger partial charge < -0.3 is 10.0 Å². The molecule has 0 bridgehead atoms. The van der Waals surface area contributed by atoms with E-state index in [1.54, 1.807) is 0 Å². The van der Waals surface area contributed by atoms with Gasteiger partial charge in [0.1, 0.15) is 18.2 Å². The number of hydrogen-bond acceptors (Lipinski definition) is 4. The van der Waals surface area contributed by atoms with Crippen molar-refractivity contribution >= 4 is 38.6 Å². The first-order valence-corrected chi connectivity index (χ1v) is 6.86. The fraction of sp³-hybridized carbons (Fsp3) is 0.308. The summed E-state index contributed by atoms with van der Waals surface area (Å²) in [6.45, 7) is 0.721. The van der Waals surface area contributed by atoms with Crippen LogP contribution in [0.4, 0.5) is 5.82 Å². The van der Waals surface area contributed by atoms with Crippen molar-refractivity contribution in [1.29, 1.82) is 0 Å². The molecule has 1 aromatic heterocycles. The Labute approximate surface area is 118 Å². The van der Waals surface area contributed by atoms with E-state index in [4.69, 9.17) is 0 Å². The number of anilines is 1. The van der Waals surface area contributed by atoms with Crippen LogP contribution in [0.15, 0.2) is 29.0 Å². The lowest BCUT2D eigenvalue weighted by Gasteiger charge is -2.23. The van der Waals surface area contributed by atoms with Gasteiger partial charge in [0, 0.05) is 16.4 Å². The molecular weight excluding hydrogens is 310 g/mol. The minimum atomic E-state index is -0.790. The van der Waals surface area contributed by atoms with Crippen LogP contribution in [0.25, 0.3) is 10.9 Å². The number of carboxylic acid groups (broad SMARTS) is 1. The molecule has 1 atom stereocenters. The van der Waals surface area contributed by atoms with Crippen LogP contribution in [0.2, 0.25) is 0 Å². The lowest BCUT2D eigenvalue weighted by atomic mass is 10.2. The van der Waals surface area contributed by atoms with Gasteiger partial charge in [0.15, 0.2) is 0 Å². The molecule has 1 aliphatic rings. The van der Waals surface area contributed by atoms with Crippen LogP contribution in [0.3, 0.4) is 0 Å². The van der Waals surface area contributed by atoms with Crippen LogP contribution in [-0.4, -0.2) is 33.6 Å². The summed E-state index contributed by atoms with van der Waals surface area (Å²) in [4.78, 5) is 21.7. The average molecular weight is 322 g/mol. The molecule has 98 valence electrons. The number of carbonyl (C=O) groups is 1. The number of fused-ring (bicyclic) bond motifs is 1. The molecule has 0 radical (unpaired) electrons. The number of carboxylic acids is 1. The first kappa shape index (κ1) is 12.3. The topological polar surface area (TPSA) is 66.3 Å². The van der Waals surface area contributed by atoms with E-state index < -0.39 is 12.0 Å². The predicted octanol–water partition coefficient (Wildman–Crippen LogP) is 2.45. The number of aliphatic carboxylic acids is 1. The summed E-state index contributed by atoms with van der Waals surface area (Å²) in [6, 6.07) is 5.26. The molecule has 6 heteroatoms.